The average Bonchev–Trinajstić information content (AvgIpc) is 2.70. The molecule has 0 aliphatic heterocycles. The van der Waals surface area contributed by atoms with Gasteiger partial charge in [-0.2, -0.15) is 0 Å². The van der Waals surface area contributed by atoms with Gasteiger partial charge in [0.25, 0.3) is 0 Å². The fraction of sp³-hybridized carbons (Fsp3) is 0.920. The minimum absolute atomic E-state index is 0.137. The summed E-state index contributed by atoms with van der Waals surface area (Å²) in [5.41, 5.74) is 0. The molecular weight excluding hydrogens is 364 g/mol. The van der Waals surface area contributed by atoms with Crippen LogP contribution in [0.1, 0.15) is 124 Å². The molecule has 2 unspecified atom stereocenters. The van der Waals surface area contributed by atoms with E-state index in [1.807, 2.05) is 13.8 Å². The van der Waals surface area contributed by atoms with Gasteiger partial charge in [-0.3, -0.25) is 9.59 Å². The van der Waals surface area contributed by atoms with Crippen LogP contribution in [0.5, 0.6) is 0 Å². The van der Waals surface area contributed by atoms with Crippen LogP contribution in [0.25, 0.3) is 0 Å². The molecule has 0 amide bonds. The second-order valence-corrected chi connectivity index (χ2v) is 9.04. The maximum absolute atomic E-state index is 12.5. The molecule has 0 radical (unpaired) electrons. The van der Waals surface area contributed by atoms with Crippen molar-refractivity contribution in [2.75, 3.05) is 6.61 Å². The van der Waals surface area contributed by atoms with E-state index in [9.17, 15) is 9.59 Å². The number of hydrogen-bond acceptors (Lipinski definition) is 4. The molecule has 2 atom stereocenters. The zero-order chi connectivity index (χ0) is 21.3. The SMILES string of the molecule is CCCCCCCCCCCCCCOC(=O)C1CCCCC1C(=O)OC(C)C. The smallest absolute Gasteiger partial charge is 0.310 e. The Labute approximate surface area is 179 Å². The zero-order valence-electron chi connectivity index (χ0n) is 19.4. The van der Waals surface area contributed by atoms with Gasteiger partial charge >= 0.3 is 11.9 Å². The van der Waals surface area contributed by atoms with Gasteiger partial charge in [-0.1, -0.05) is 90.4 Å². The largest absolute Gasteiger partial charge is 0.465 e. The normalized spacial score (nSPS) is 19.3. The highest BCUT2D eigenvalue weighted by atomic mass is 16.5. The highest BCUT2D eigenvalue weighted by molar-refractivity contribution is 5.82. The van der Waals surface area contributed by atoms with E-state index in [2.05, 4.69) is 6.92 Å². The number of unbranched alkanes of at least 4 members (excludes halogenated alkanes) is 11. The summed E-state index contributed by atoms with van der Waals surface area (Å²) in [6, 6.07) is 0. The van der Waals surface area contributed by atoms with Gasteiger partial charge in [0.2, 0.25) is 0 Å². The van der Waals surface area contributed by atoms with Crippen molar-refractivity contribution in [2.24, 2.45) is 11.8 Å². The third kappa shape index (κ3) is 12.3. The van der Waals surface area contributed by atoms with Crippen molar-refractivity contribution in [1.29, 1.82) is 0 Å². The minimum Gasteiger partial charge on any atom is -0.465 e. The second kappa shape index (κ2) is 16.7. The van der Waals surface area contributed by atoms with Crippen LogP contribution in [0, 0.1) is 11.8 Å². The van der Waals surface area contributed by atoms with Crippen molar-refractivity contribution in [3.63, 3.8) is 0 Å². The fourth-order valence-electron chi connectivity index (χ4n) is 4.24. The van der Waals surface area contributed by atoms with Crippen molar-refractivity contribution in [3.05, 3.63) is 0 Å². The first kappa shape index (κ1) is 26.0. The van der Waals surface area contributed by atoms with Gasteiger partial charge in [0.15, 0.2) is 0 Å². The molecule has 0 aromatic rings. The molecule has 0 N–H and O–H groups in total. The first-order chi connectivity index (χ1) is 14.1. The van der Waals surface area contributed by atoms with Gasteiger partial charge in [0.05, 0.1) is 24.5 Å². The molecule has 170 valence electrons. The second-order valence-electron chi connectivity index (χ2n) is 9.04. The van der Waals surface area contributed by atoms with Crippen LogP contribution in [0.3, 0.4) is 0 Å². The first-order valence-corrected chi connectivity index (χ1v) is 12.4. The van der Waals surface area contributed by atoms with Gasteiger partial charge in [0.1, 0.15) is 0 Å². The Hall–Kier alpha value is -1.06. The summed E-state index contributed by atoms with van der Waals surface area (Å²) in [6.45, 7) is 6.44. The molecule has 0 bridgehead atoms. The van der Waals surface area contributed by atoms with Gasteiger partial charge in [-0.25, -0.2) is 0 Å². The molecule has 0 aromatic heterocycles. The summed E-state index contributed by atoms with van der Waals surface area (Å²) in [6.07, 6.45) is 18.8. The number of rotatable bonds is 16. The third-order valence-corrected chi connectivity index (χ3v) is 5.97. The lowest BCUT2D eigenvalue weighted by atomic mass is 9.79. The highest BCUT2D eigenvalue weighted by Gasteiger charge is 2.38. The van der Waals surface area contributed by atoms with E-state index >= 15 is 0 Å². The molecule has 1 saturated carbocycles. The van der Waals surface area contributed by atoms with Crippen LogP contribution >= 0.6 is 0 Å². The first-order valence-electron chi connectivity index (χ1n) is 12.4. The molecule has 0 heterocycles. The Morgan fingerprint density at radius 2 is 1.17 bits per heavy atom. The Bertz CT molecular complexity index is 433. The Morgan fingerprint density at radius 1 is 0.724 bits per heavy atom. The van der Waals surface area contributed by atoms with Crippen molar-refractivity contribution in [3.8, 4) is 0 Å². The molecule has 4 nitrogen and oxygen atoms in total. The number of carbonyl (C=O) groups excluding carboxylic acids is 2. The van der Waals surface area contributed by atoms with Crippen molar-refractivity contribution in [1.82, 2.24) is 0 Å². The van der Waals surface area contributed by atoms with Gasteiger partial charge < -0.3 is 9.47 Å². The number of esters is 2. The molecule has 1 aliphatic rings. The van der Waals surface area contributed by atoms with Crippen LogP contribution in [-0.2, 0) is 19.1 Å². The van der Waals surface area contributed by atoms with Crippen molar-refractivity contribution >= 4 is 11.9 Å². The van der Waals surface area contributed by atoms with Gasteiger partial charge in [0, 0.05) is 0 Å². The maximum atomic E-state index is 12.5. The van der Waals surface area contributed by atoms with E-state index in [0.717, 1.165) is 38.5 Å². The van der Waals surface area contributed by atoms with Crippen LogP contribution in [0.4, 0.5) is 0 Å². The summed E-state index contributed by atoms with van der Waals surface area (Å²) in [5, 5.41) is 0. The van der Waals surface area contributed by atoms with E-state index in [1.165, 1.54) is 64.2 Å². The Kier molecular flexibility index (Phi) is 15.0. The summed E-state index contributed by atoms with van der Waals surface area (Å²) >= 11 is 0. The molecule has 0 spiro atoms. The van der Waals surface area contributed by atoms with Crippen molar-refractivity contribution in [2.45, 2.75) is 130 Å². The monoisotopic (exact) mass is 410 g/mol. The zero-order valence-corrected chi connectivity index (χ0v) is 19.4. The summed E-state index contributed by atoms with van der Waals surface area (Å²) in [4.78, 5) is 24.8. The van der Waals surface area contributed by atoms with Crippen LogP contribution in [0.15, 0.2) is 0 Å². The summed E-state index contributed by atoms with van der Waals surface area (Å²) in [5.74, 6) is -1.06. The quantitative estimate of drug-likeness (QED) is 0.203. The minimum atomic E-state index is -0.319. The molecule has 29 heavy (non-hydrogen) atoms. The molecule has 0 saturated heterocycles. The predicted octanol–water partition coefficient (Wildman–Crippen LogP) is 6.99. The van der Waals surface area contributed by atoms with E-state index in [-0.39, 0.29) is 29.9 Å². The summed E-state index contributed by atoms with van der Waals surface area (Å²) < 4.78 is 10.9. The summed E-state index contributed by atoms with van der Waals surface area (Å²) in [7, 11) is 0. The number of ether oxygens (including phenoxy) is 2. The average molecular weight is 411 g/mol. The standard InChI is InChI=1S/C25H46O4/c1-4-5-6-7-8-9-10-11-12-13-14-17-20-28-24(26)22-18-15-16-19-23(22)25(27)29-21(2)3/h21-23H,4-20H2,1-3H3. The van der Waals surface area contributed by atoms with Crippen LogP contribution in [0.2, 0.25) is 0 Å². The lowest BCUT2D eigenvalue weighted by Gasteiger charge is -2.28. The van der Waals surface area contributed by atoms with Crippen molar-refractivity contribution < 1.29 is 19.1 Å². The number of carbonyl (C=O) groups is 2. The van der Waals surface area contributed by atoms with Gasteiger partial charge in [-0.05, 0) is 33.1 Å². The lowest BCUT2D eigenvalue weighted by Crippen LogP contribution is -2.36. The third-order valence-electron chi connectivity index (χ3n) is 5.97. The topological polar surface area (TPSA) is 52.6 Å². The van der Waals surface area contributed by atoms with E-state index in [0.29, 0.717) is 6.61 Å². The highest BCUT2D eigenvalue weighted by Crippen LogP contribution is 2.32. The fourth-order valence-corrected chi connectivity index (χ4v) is 4.24. The molecule has 1 aliphatic carbocycles. The molecule has 4 heteroatoms. The lowest BCUT2D eigenvalue weighted by molar-refractivity contribution is -0.165. The van der Waals surface area contributed by atoms with Crippen LogP contribution < -0.4 is 0 Å². The number of hydrogen-bond donors (Lipinski definition) is 0. The Balaban J connectivity index is 2.05. The Morgan fingerprint density at radius 3 is 1.66 bits per heavy atom. The van der Waals surface area contributed by atoms with E-state index in [4.69, 9.17) is 9.47 Å². The van der Waals surface area contributed by atoms with Crippen LogP contribution in [-0.4, -0.2) is 24.6 Å². The molecule has 1 fully saturated rings. The van der Waals surface area contributed by atoms with E-state index in [1.54, 1.807) is 0 Å². The predicted molar refractivity (Wildman–Crippen MR) is 119 cm³/mol. The van der Waals surface area contributed by atoms with Gasteiger partial charge in [-0.15, -0.1) is 0 Å². The molecular formula is C25H46O4. The molecule has 1 rings (SSSR count). The maximum Gasteiger partial charge on any atom is 0.310 e. The van der Waals surface area contributed by atoms with E-state index < -0.39 is 0 Å². The molecule has 0 aromatic carbocycles.